The molecule has 1 amide bonds. The summed E-state index contributed by atoms with van der Waals surface area (Å²) in [6, 6.07) is 7.84. The van der Waals surface area contributed by atoms with E-state index in [2.05, 4.69) is 17.0 Å². The van der Waals surface area contributed by atoms with Crippen molar-refractivity contribution >= 4 is 18.0 Å². The molecule has 0 aliphatic rings. The third-order valence-corrected chi connectivity index (χ3v) is 2.76. The Morgan fingerprint density at radius 2 is 2.00 bits per heavy atom. The molecule has 0 bridgehead atoms. The minimum absolute atomic E-state index is 0.176. The minimum Gasteiger partial charge on any atom is -0.467 e. The van der Waals surface area contributed by atoms with Crippen molar-refractivity contribution < 1.29 is 19.4 Å². The Bertz CT molecular complexity index is 479. The second-order valence-electron chi connectivity index (χ2n) is 4.21. The Labute approximate surface area is 118 Å². The second kappa shape index (κ2) is 8.12. The van der Waals surface area contributed by atoms with Crippen molar-refractivity contribution in [1.29, 1.82) is 0 Å². The number of aryl methyl sites for hydroxylation is 1. The molecule has 20 heavy (non-hydrogen) atoms. The largest absolute Gasteiger partial charge is 0.467 e. The van der Waals surface area contributed by atoms with Gasteiger partial charge in [0, 0.05) is 6.08 Å². The number of aliphatic hydroxyl groups is 1. The number of methoxy groups -OCH3 is 1. The van der Waals surface area contributed by atoms with Crippen LogP contribution in [0.5, 0.6) is 0 Å². The van der Waals surface area contributed by atoms with E-state index in [1.807, 2.05) is 24.3 Å². The smallest absolute Gasteiger partial charge is 0.336 e. The van der Waals surface area contributed by atoms with Crippen LogP contribution in [0.25, 0.3) is 6.08 Å². The van der Waals surface area contributed by atoms with Gasteiger partial charge >= 0.3 is 5.97 Å². The summed E-state index contributed by atoms with van der Waals surface area (Å²) in [6.07, 6.45) is 2.64. The van der Waals surface area contributed by atoms with Gasteiger partial charge in [-0.3, -0.25) is 4.79 Å². The third-order valence-electron chi connectivity index (χ3n) is 2.76. The van der Waals surface area contributed by atoms with Crippen LogP contribution in [-0.4, -0.2) is 36.7 Å². The highest BCUT2D eigenvalue weighted by molar-refractivity contribution is 5.92. The standard InChI is InChI=1S/C15H19NO4/c1-3-11-4-6-12(7-5-11)8-9-14(18)16-10-13(17)15(19)20-2/h4-9,13,17H,3,10H2,1-2H3,(H,16,18)/b9-8+. The SMILES string of the molecule is CCc1ccc(/C=C/C(=O)NCC(O)C(=O)OC)cc1. The zero-order valence-corrected chi connectivity index (χ0v) is 11.6. The van der Waals surface area contributed by atoms with Crippen LogP contribution in [0, 0.1) is 0 Å². The first kappa shape index (κ1) is 15.9. The van der Waals surface area contributed by atoms with Gasteiger partial charge in [-0.05, 0) is 23.6 Å². The summed E-state index contributed by atoms with van der Waals surface area (Å²) in [5.74, 6) is -1.16. The Hall–Kier alpha value is -2.14. The lowest BCUT2D eigenvalue weighted by atomic mass is 10.1. The molecule has 1 aromatic carbocycles. The lowest BCUT2D eigenvalue weighted by molar-refractivity contribution is -0.150. The van der Waals surface area contributed by atoms with Crippen molar-refractivity contribution in [3.05, 3.63) is 41.5 Å². The number of nitrogens with one attached hydrogen (secondary N) is 1. The molecule has 0 aromatic heterocycles. The molecule has 0 aliphatic heterocycles. The summed E-state index contributed by atoms with van der Waals surface area (Å²) in [6.45, 7) is 1.90. The van der Waals surface area contributed by atoms with Gasteiger partial charge in [0.2, 0.25) is 5.91 Å². The van der Waals surface area contributed by atoms with E-state index in [4.69, 9.17) is 0 Å². The molecule has 0 fully saturated rings. The number of benzene rings is 1. The highest BCUT2D eigenvalue weighted by Crippen LogP contribution is 2.06. The summed E-state index contributed by atoms with van der Waals surface area (Å²) in [4.78, 5) is 22.4. The molecule has 108 valence electrons. The molecule has 0 heterocycles. The lowest BCUT2D eigenvalue weighted by Gasteiger charge is -2.07. The van der Waals surface area contributed by atoms with E-state index >= 15 is 0 Å². The predicted octanol–water partition coefficient (Wildman–Crippen LogP) is 0.912. The zero-order valence-electron chi connectivity index (χ0n) is 11.6. The normalized spacial score (nSPS) is 12.2. The van der Waals surface area contributed by atoms with E-state index in [-0.39, 0.29) is 12.5 Å². The van der Waals surface area contributed by atoms with Gasteiger partial charge < -0.3 is 15.2 Å². The first-order valence-corrected chi connectivity index (χ1v) is 6.37. The first-order valence-electron chi connectivity index (χ1n) is 6.37. The average Bonchev–Trinajstić information content (AvgIpc) is 2.50. The van der Waals surface area contributed by atoms with Crippen molar-refractivity contribution in [3.63, 3.8) is 0 Å². The van der Waals surface area contributed by atoms with Crippen LogP contribution in [-0.2, 0) is 20.7 Å². The van der Waals surface area contributed by atoms with Gasteiger partial charge in [-0.15, -0.1) is 0 Å². The van der Waals surface area contributed by atoms with Crippen molar-refractivity contribution in [2.45, 2.75) is 19.4 Å². The van der Waals surface area contributed by atoms with Crippen molar-refractivity contribution in [2.24, 2.45) is 0 Å². The fourth-order valence-electron chi connectivity index (χ4n) is 1.51. The monoisotopic (exact) mass is 277 g/mol. The van der Waals surface area contributed by atoms with Crippen molar-refractivity contribution in [1.82, 2.24) is 5.32 Å². The van der Waals surface area contributed by atoms with E-state index in [9.17, 15) is 14.7 Å². The minimum atomic E-state index is -1.35. The molecule has 5 heteroatoms. The van der Waals surface area contributed by atoms with Gasteiger partial charge in [-0.25, -0.2) is 4.79 Å². The molecular formula is C15H19NO4. The van der Waals surface area contributed by atoms with Crippen LogP contribution in [0.15, 0.2) is 30.3 Å². The van der Waals surface area contributed by atoms with Crippen LogP contribution in [0.3, 0.4) is 0 Å². The van der Waals surface area contributed by atoms with Gasteiger partial charge in [0.15, 0.2) is 6.10 Å². The van der Waals surface area contributed by atoms with E-state index in [0.29, 0.717) is 0 Å². The van der Waals surface area contributed by atoms with Gasteiger partial charge in [0.1, 0.15) is 0 Å². The maximum atomic E-state index is 11.5. The number of carbonyl (C=O) groups is 2. The molecule has 0 saturated carbocycles. The summed E-state index contributed by atoms with van der Waals surface area (Å²) in [5.41, 5.74) is 2.14. The molecule has 5 nitrogen and oxygen atoms in total. The Morgan fingerprint density at radius 3 is 2.55 bits per heavy atom. The van der Waals surface area contributed by atoms with E-state index in [1.54, 1.807) is 6.08 Å². The van der Waals surface area contributed by atoms with Gasteiger partial charge in [-0.2, -0.15) is 0 Å². The molecule has 0 aliphatic carbocycles. The highest BCUT2D eigenvalue weighted by atomic mass is 16.5. The molecule has 1 rings (SSSR count). The molecule has 0 spiro atoms. The maximum Gasteiger partial charge on any atom is 0.336 e. The Balaban J connectivity index is 2.44. The zero-order chi connectivity index (χ0) is 15.0. The van der Waals surface area contributed by atoms with E-state index in [0.717, 1.165) is 12.0 Å². The predicted molar refractivity (Wildman–Crippen MR) is 75.9 cm³/mol. The fraction of sp³-hybridized carbons (Fsp3) is 0.333. The van der Waals surface area contributed by atoms with Crippen LogP contribution >= 0.6 is 0 Å². The van der Waals surface area contributed by atoms with Gasteiger partial charge in [-0.1, -0.05) is 31.2 Å². The molecular weight excluding hydrogens is 258 g/mol. The lowest BCUT2D eigenvalue weighted by Crippen LogP contribution is -2.36. The first-order chi connectivity index (χ1) is 9.56. The summed E-state index contributed by atoms with van der Waals surface area (Å²) in [5, 5.41) is 11.7. The number of aliphatic hydroxyl groups excluding tert-OH is 1. The number of rotatable bonds is 6. The second-order valence-corrected chi connectivity index (χ2v) is 4.21. The molecule has 1 aromatic rings. The quantitative estimate of drug-likeness (QED) is 0.598. The Kier molecular flexibility index (Phi) is 6.46. The number of ether oxygens (including phenoxy) is 1. The fourth-order valence-corrected chi connectivity index (χ4v) is 1.51. The molecule has 0 saturated heterocycles. The van der Waals surface area contributed by atoms with Crippen molar-refractivity contribution in [2.75, 3.05) is 13.7 Å². The van der Waals surface area contributed by atoms with Gasteiger partial charge in [0.25, 0.3) is 0 Å². The topological polar surface area (TPSA) is 75.6 Å². The maximum absolute atomic E-state index is 11.5. The summed E-state index contributed by atoms with van der Waals surface area (Å²) in [7, 11) is 1.17. The Morgan fingerprint density at radius 1 is 1.35 bits per heavy atom. The summed E-state index contributed by atoms with van der Waals surface area (Å²) >= 11 is 0. The number of esters is 1. The van der Waals surface area contributed by atoms with Gasteiger partial charge in [0.05, 0.1) is 13.7 Å². The van der Waals surface area contributed by atoms with Crippen LogP contribution in [0.2, 0.25) is 0 Å². The average molecular weight is 277 g/mol. The van der Waals surface area contributed by atoms with Crippen LogP contribution in [0.4, 0.5) is 0 Å². The van der Waals surface area contributed by atoms with Crippen LogP contribution < -0.4 is 5.32 Å². The number of hydrogen-bond donors (Lipinski definition) is 2. The number of amides is 1. The third kappa shape index (κ3) is 5.24. The van der Waals surface area contributed by atoms with Crippen LogP contribution in [0.1, 0.15) is 18.1 Å². The van der Waals surface area contributed by atoms with Crippen molar-refractivity contribution in [3.8, 4) is 0 Å². The molecule has 1 atom stereocenters. The summed E-state index contributed by atoms with van der Waals surface area (Å²) < 4.78 is 4.34. The van der Waals surface area contributed by atoms with E-state index in [1.165, 1.54) is 18.7 Å². The molecule has 2 N–H and O–H groups in total. The molecule has 0 radical (unpaired) electrons. The number of carbonyl (C=O) groups excluding carboxylic acids is 2. The number of hydrogen-bond acceptors (Lipinski definition) is 4. The van der Waals surface area contributed by atoms with E-state index < -0.39 is 12.1 Å². The highest BCUT2D eigenvalue weighted by Gasteiger charge is 2.15. The molecule has 1 unspecified atom stereocenters.